The maximum absolute atomic E-state index is 12.8. The van der Waals surface area contributed by atoms with E-state index in [1.165, 1.54) is 6.92 Å². The molecule has 12 heteroatoms. The number of rotatable bonds is 22. The van der Waals surface area contributed by atoms with Gasteiger partial charge in [-0.3, -0.25) is 4.79 Å². The fourth-order valence-corrected chi connectivity index (χ4v) is 5.16. The van der Waals surface area contributed by atoms with Crippen molar-refractivity contribution in [1.82, 2.24) is 0 Å². The van der Waals surface area contributed by atoms with Gasteiger partial charge in [-0.15, -0.1) is 0 Å². The molecule has 0 aliphatic rings. The third-order valence-electron chi connectivity index (χ3n) is 8.27. The van der Waals surface area contributed by atoms with Crippen molar-refractivity contribution in [1.29, 1.82) is 0 Å². The van der Waals surface area contributed by atoms with E-state index in [0.717, 1.165) is 35.0 Å². The van der Waals surface area contributed by atoms with Gasteiger partial charge in [-0.25, -0.2) is 14.4 Å². The predicted octanol–water partition coefficient (Wildman–Crippen LogP) is 8.75. The first-order valence-electron chi connectivity index (χ1n) is 18.9. The molecule has 0 saturated heterocycles. The minimum Gasteiger partial charge on any atom is -0.494 e. The van der Waals surface area contributed by atoms with Crippen molar-refractivity contribution < 1.29 is 47.6 Å². The van der Waals surface area contributed by atoms with Gasteiger partial charge in [0.05, 0.1) is 49.0 Å². The molecular formula is C45H48N2O10. The van der Waals surface area contributed by atoms with Crippen LogP contribution in [0, 0.1) is 0 Å². The number of esters is 4. The summed E-state index contributed by atoms with van der Waals surface area (Å²) in [6, 6.07) is 27.6. The Kier molecular flexibility index (Phi) is 17.7. The van der Waals surface area contributed by atoms with E-state index >= 15 is 0 Å². The lowest BCUT2D eigenvalue weighted by atomic mass is 10.1. The molecule has 0 heterocycles. The Morgan fingerprint density at radius 3 is 1.23 bits per heavy atom. The van der Waals surface area contributed by atoms with E-state index in [4.69, 9.17) is 28.4 Å². The van der Waals surface area contributed by atoms with Crippen LogP contribution in [0.2, 0.25) is 0 Å². The molecule has 0 spiro atoms. The van der Waals surface area contributed by atoms with Crippen molar-refractivity contribution >= 4 is 35.3 Å². The van der Waals surface area contributed by atoms with E-state index in [2.05, 4.69) is 16.8 Å². The molecule has 0 aromatic heterocycles. The second-order valence-corrected chi connectivity index (χ2v) is 12.5. The van der Waals surface area contributed by atoms with Gasteiger partial charge < -0.3 is 28.4 Å². The fraction of sp³-hybridized carbons (Fsp3) is 0.289. The first-order valence-corrected chi connectivity index (χ1v) is 18.9. The van der Waals surface area contributed by atoms with Gasteiger partial charge in [0.2, 0.25) is 0 Å². The van der Waals surface area contributed by atoms with Gasteiger partial charge in [0.15, 0.2) is 0 Å². The smallest absolute Gasteiger partial charge is 0.343 e. The summed E-state index contributed by atoms with van der Waals surface area (Å²) in [4.78, 5) is 47.5. The van der Waals surface area contributed by atoms with Crippen molar-refractivity contribution in [3.8, 4) is 23.0 Å². The van der Waals surface area contributed by atoms with Crippen molar-refractivity contribution in [2.45, 2.75) is 59.3 Å². The van der Waals surface area contributed by atoms with Gasteiger partial charge in [0.25, 0.3) is 0 Å². The quantitative estimate of drug-likeness (QED) is 0.0189. The third kappa shape index (κ3) is 14.9. The third-order valence-corrected chi connectivity index (χ3v) is 8.27. The van der Waals surface area contributed by atoms with Gasteiger partial charge in [-0.05, 0) is 147 Å². The highest BCUT2D eigenvalue weighted by atomic mass is 16.5. The molecule has 4 aromatic rings. The van der Waals surface area contributed by atoms with Crippen LogP contribution in [0.5, 0.6) is 23.0 Å². The zero-order valence-electron chi connectivity index (χ0n) is 32.6. The zero-order chi connectivity index (χ0) is 40.8. The van der Waals surface area contributed by atoms with Crippen molar-refractivity contribution in [3.05, 3.63) is 132 Å². The average molecular weight is 777 g/mol. The number of carbonyl (C=O) groups excluding carboxylic acids is 4. The SMILES string of the molecule is C=CC(=O)OCCCCOc1ccc(C(=O)Oc2ccc(/C(CC)=N/N=C(\CC)c3ccc(OC(=O)c4ccc(OCCCCOC(C)=O)cc4)cc3)cc2)cc1. The minimum atomic E-state index is -0.497. The highest BCUT2D eigenvalue weighted by Gasteiger charge is 2.12. The molecule has 0 saturated carbocycles. The zero-order valence-corrected chi connectivity index (χ0v) is 32.6. The normalized spacial score (nSPS) is 11.3. The molecule has 0 N–H and O–H groups in total. The van der Waals surface area contributed by atoms with E-state index in [1.54, 1.807) is 72.8 Å². The van der Waals surface area contributed by atoms with Crippen LogP contribution in [0.3, 0.4) is 0 Å². The van der Waals surface area contributed by atoms with Gasteiger partial charge in [-0.1, -0.05) is 20.4 Å². The number of hydrogen-bond donors (Lipinski definition) is 0. The first kappa shape index (κ1) is 43.2. The maximum Gasteiger partial charge on any atom is 0.343 e. The Bertz CT molecular complexity index is 1990. The summed E-state index contributed by atoms with van der Waals surface area (Å²) in [6.07, 6.45) is 5.18. The Morgan fingerprint density at radius 1 is 0.509 bits per heavy atom. The summed E-state index contributed by atoms with van der Waals surface area (Å²) in [5.74, 6) is 0.300. The van der Waals surface area contributed by atoms with Crippen LogP contribution in [0.25, 0.3) is 0 Å². The molecule has 4 aromatic carbocycles. The molecule has 0 aliphatic carbocycles. The summed E-state index contributed by atoms with van der Waals surface area (Å²) in [6.45, 7) is 10.3. The summed E-state index contributed by atoms with van der Waals surface area (Å²) < 4.78 is 32.4. The van der Waals surface area contributed by atoms with Crippen LogP contribution in [0.1, 0.15) is 91.1 Å². The van der Waals surface area contributed by atoms with E-state index < -0.39 is 17.9 Å². The summed E-state index contributed by atoms with van der Waals surface area (Å²) in [5, 5.41) is 9.11. The largest absolute Gasteiger partial charge is 0.494 e. The first-order chi connectivity index (χ1) is 27.7. The molecule has 57 heavy (non-hydrogen) atoms. The topological polar surface area (TPSA) is 148 Å². The Morgan fingerprint density at radius 2 is 0.860 bits per heavy atom. The maximum atomic E-state index is 12.8. The summed E-state index contributed by atoms with van der Waals surface area (Å²) in [7, 11) is 0. The number of nitrogens with zero attached hydrogens (tertiary/aromatic N) is 2. The highest BCUT2D eigenvalue weighted by Crippen LogP contribution is 2.20. The Hall–Kier alpha value is -6.56. The van der Waals surface area contributed by atoms with Gasteiger partial charge in [-0.2, -0.15) is 10.2 Å². The molecule has 4 rings (SSSR count). The fourth-order valence-electron chi connectivity index (χ4n) is 5.16. The number of ether oxygens (including phenoxy) is 6. The summed E-state index contributed by atoms with van der Waals surface area (Å²) in [5.41, 5.74) is 3.97. The molecular weight excluding hydrogens is 728 g/mol. The molecule has 0 fully saturated rings. The molecule has 0 bridgehead atoms. The highest BCUT2D eigenvalue weighted by molar-refractivity contribution is 6.03. The molecule has 12 nitrogen and oxygen atoms in total. The lowest BCUT2D eigenvalue weighted by Crippen LogP contribution is -2.09. The Labute approximate surface area is 333 Å². The number of carbonyl (C=O) groups is 4. The van der Waals surface area contributed by atoms with Crippen molar-refractivity contribution in [2.75, 3.05) is 26.4 Å². The van der Waals surface area contributed by atoms with Gasteiger partial charge in [0, 0.05) is 13.0 Å². The number of unbranched alkanes of at least 4 members (excludes halogenated alkanes) is 2. The number of benzene rings is 4. The van der Waals surface area contributed by atoms with E-state index in [0.29, 0.717) is 92.7 Å². The van der Waals surface area contributed by atoms with Crippen LogP contribution in [0.15, 0.2) is 120 Å². The van der Waals surface area contributed by atoms with Crippen molar-refractivity contribution in [2.24, 2.45) is 10.2 Å². The average Bonchev–Trinajstić information content (AvgIpc) is 3.23. The second kappa shape index (κ2) is 23.4. The predicted molar refractivity (Wildman–Crippen MR) is 217 cm³/mol. The van der Waals surface area contributed by atoms with Gasteiger partial charge in [0.1, 0.15) is 23.0 Å². The molecule has 298 valence electrons. The lowest BCUT2D eigenvalue weighted by Gasteiger charge is -2.09. The van der Waals surface area contributed by atoms with Crippen LogP contribution >= 0.6 is 0 Å². The molecule has 0 aliphatic heterocycles. The van der Waals surface area contributed by atoms with Crippen molar-refractivity contribution in [3.63, 3.8) is 0 Å². The van der Waals surface area contributed by atoms with Gasteiger partial charge >= 0.3 is 23.9 Å². The van der Waals surface area contributed by atoms with E-state index in [9.17, 15) is 19.2 Å². The van der Waals surface area contributed by atoms with Crippen LogP contribution in [-0.4, -0.2) is 61.7 Å². The van der Waals surface area contributed by atoms with E-state index in [1.807, 2.05) is 38.1 Å². The molecule has 0 unspecified atom stereocenters. The van der Waals surface area contributed by atoms with Crippen LogP contribution in [0.4, 0.5) is 0 Å². The minimum absolute atomic E-state index is 0.297. The standard InChI is InChI=1S/C45H48N2O10/c1-5-41(33-12-24-39(25-13-33)56-44(50)35-16-20-37(21-17-35)53-29-9-8-28-52-32(4)48)46-47-42(6-2)34-14-26-40(27-15-34)57-45(51)36-18-22-38(23-19-36)54-30-10-11-31-55-43(49)7-3/h7,12-27H,3,5-6,8-11,28-31H2,1-2,4H3/b46-41+,47-42+. The van der Waals surface area contributed by atoms with E-state index in [-0.39, 0.29) is 5.97 Å². The second-order valence-electron chi connectivity index (χ2n) is 12.5. The molecule has 0 amide bonds. The van der Waals surface area contributed by atoms with Crippen LogP contribution < -0.4 is 18.9 Å². The lowest BCUT2D eigenvalue weighted by molar-refractivity contribution is -0.141. The molecule has 0 radical (unpaired) electrons. The van der Waals surface area contributed by atoms with Crippen LogP contribution in [-0.2, 0) is 19.1 Å². The number of hydrogen-bond acceptors (Lipinski definition) is 12. The summed E-state index contributed by atoms with van der Waals surface area (Å²) >= 11 is 0. The monoisotopic (exact) mass is 776 g/mol. The molecule has 0 atom stereocenters. The Balaban J connectivity index is 1.26.